The van der Waals surface area contributed by atoms with E-state index in [0.29, 0.717) is 118 Å². The van der Waals surface area contributed by atoms with Crippen molar-refractivity contribution in [2.24, 2.45) is 0 Å². The minimum Gasteiger partial charge on any atom is -0.390 e. The van der Waals surface area contributed by atoms with Crippen LogP contribution in [0.3, 0.4) is 0 Å². The highest BCUT2D eigenvalue weighted by molar-refractivity contribution is 5.88. The van der Waals surface area contributed by atoms with Crippen molar-refractivity contribution in [3.8, 4) is 0 Å². The molecule has 2 aromatic carbocycles. The van der Waals surface area contributed by atoms with Crippen LogP contribution in [-0.2, 0) is 66.4 Å². The van der Waals surface area contributed by atoms with Gasteiger partial charge in [0.1, 0.15) is 0 Å². The highest BCUT2D eigenvalue weighted by Gasteiger charge is 2.49. The molecule has 0 bridgehead atoms. The van der Waals surface area contributed by atoms with Crippen molar-refractivity contribution >= 4 is 21.8 Å². The zero-order chi connectivity index (χ0) is 44.5. The molecular weight excluding hydrogens is 789 g/mol. The number of nitrogens with zero attached hydrogens (tertiary/aromatic N) is 6. The van der Waals surface area contributed by atoms with Crippen LogP contribution in [0.5, 0.6) is 0 Å². The first-order valence-corrected chi connectivity index (χ1v) is 22.7. The van der Waals surface area contributed by atoms with Gasteiger partial charge in [-0.15, -0.1) is 20.5 Å². The smallest absolute Gasteiger partial charge is 0.0845 e. The Morgan fingerprint density at radius 3 is 1.16 bits per heavy atom. The van der Waals surface area contributed by atoms with Gasteiger partial charge in [0.25, 0.3) is 0 Å². The minimum atomic E-state index is -0.707. The third kappa shape index (κ3) is 9.82. The number of ether oxygens (including phenoxy) is 4. The second-order valence-corrected chi connectivity index (χ2v) is 19.9. The second kappa shape index (κ2) is 19.3. The van der Waals surface area contributed by atoms with Crippen molar-refractivity contribution in [2.75, 3.05) is 92.1 Å². The summed E-state index contributed by atoms with van der Waals surface area (Å²) in [6, 6.07) is 16.4. The lowest BCUT2D eigenvalue weighted by atomic mass is 9.79. The fourth-order valence-corrected chi connectivity index (χ4v) is 10.7. The predicted octanol–water partition coefficient (Wildman–Crippen LogP) is 5.14. The number of aliphatic hydroxyl groups is 2. The number of aliphatic hydroxyl groups excluding tert-OH is 2. The monoisotopic (exact) mass is 861 g/mol. The number of hydrogen-bond acceptors (Lipinski definition) is 10. The fraction of sp³-hybridized carbons (Fsp3) is 0.667. The quantitative estimate of drug-likeness (QED) is 0.245. The summed E-state index contributed by atoms with van der Waals surface area (Å²) in [5.74, 6) is 0. The molecule has 14 nitrogen and oxygen atoms in total. The second-order valence-electron chi connectivity index (χ2n) is 19.9. The number of hydroxylamine groups is 4. The van der Waals surface area contributed by atoms with Crippen LogP contribution in [0.2, 0.25) is 0 Å². The third-order valence-corrected chi connectivity index (χ3v) is 13.4. The molecule has 5 heterocycles. The summed E-state index contributed by atoms with van der Waals surface area (Å²) in [6.07, 6.45) is -0.119. The van der Waals surface area contributed by atoms with Gasteiger partial charge in [0.05, 0.1) is 100 Å². The first-order valence-electron chi connectivity index (χ1n) is 22.7. The molecule has 3 aliphatic heterocycles. The van der Waals surface area contributed by atoms with Gasteiger partial charge in [-0.05, 0) is 67.5 Å². The molecule has 4 aromatic rings. The SMILES string of the molecule is CC1(C)Cc2c(c3ccccc3n2C[C@H](O)CN2CCOCCOCCN(C[C@@H](O)Cn3c4c(c5ccccc53)C(C)(C)N([O])C(C)(C)C4)CCOCCOCC2)C(C)(C)N1[O]. The lowest BCUT2D eigenvalue weighted by Crippen LogP contribution is -2.56. The molecule has 14 heteroatoms. The maximum Gasteiger partial charge on any atom is 0.0845 e. The summed E-state index contributed by atoms with van der Waals surface area (Å²) in [6.45, 7) is 24.0. The Kier molecular flexibility index (Phi) is 14.6. The van der Waals surface area contributed by atoms with Gasteiger partial charge in [0.2, 0.25) is 0 Å². The van der Waals surface area contributed by atoms with E-state index < -0.39 is 34.4 Å². The van der Waals surface area contributed by atoms with Crippen LogP contribution < -0.4 is 0 Å². The number of fused-ring (bicyclic) bond motifs is 6. The van der Waals surface area contributed by atoms with Gasteiger partial charge in [-0.2, -0.15) is 0 Å². The summed E-state index contributed by atoms with van der Waals surface area (Å²) in [7, 11) is 0. The van der Waals surface area contributed by atoms with E-state index in [1.54, 1.807) is 0 Å². The van der Waals surface area contributed by atoms with Gasteiger partial charge >= 0.3 is 0 Å². The average molecular weight is 861 g/mol. The van der Waals surface area contributed by atoms with E-state index in [1.807, 2.05) is 79.7 Å². The van der Waals surface area contributed by atoms with E-state index in [2.05, 4.69) is 43.2 Å². The van der Waals surface area contributed by atoms with E-state index in [-0.39, 0.29) is 0 Å². The Morgan fingerprint density at radius 1 is 0.500 bits per heavy atom. The van der Waals surface area contributed by atoms with E-state index in [0.717, 1.165) is 44.3 Å². The lowest BCUT2D eigenvalue weighted by Gasteiger charge is -2.47. The van der Waals surface area contributed by atoms with Crippen molar-refractivity contribution in [1.29, 1.82) is 0 Å². The highest BCUT2D eigenvalue weighted by atomic mass is 16.5. The van der Waals surface area contributed by atoms with Crippen LogP contribution in [0, 0.1) is 0 Å². The van der Waals surface area contributed by atoms with Crippen LogP contribution in [0.15, 0.2) is 48.5 Å². The number of benzene rings is 2. The molecule has 0 amide bonds. The van der Waals surface area contributed by atoms with E-state index in [1.165, 1.54) is 10.1 Å². The van der Waals surface area contributed by atoms with Crippen LogP contribution in [0.1, 0.15) is 77.9 Å². The van der Waals surface area contributed by atoms with E-state index in [9.17, 15) is 20.6 Å². The largest absolute Gasteiger partial charge is 0.390 e. The Morgan fingerprint density at radius 2 is 0.823 bits per heavy atom. The summed E-state index contributed by atoms with van der Waals surface area (Å²) < 4.78 is 28.6. The molecule has 0 spiro atoms. The fourth-order valence-electron chi connectivity index (χ4n) is 10.7. The zero-order valence-corrected chi connectivity index (χ0v) is 38.5. The molecule has 2 aromatic heterocycles. The number of aromatic nitrogens is 2. The number of β-amino-alcohol motifs (C(OH)–C–C–N with tert-alkyl or cyclic N) is 2. The molecule has 2 N–H and O–H groups in total. The van der Waals surface area contributed by atoms with Gasteiger partial charge in [-0.3, -0.25) is 9.80 Å². The van der Waals surface area contributed by atoms with Crippen LogP contribution >= 0.6 is 0 Å². The highest BCUT2D eigenvalue weighted by Crippen LogP contribution is 2.47. The molecule has 2 atom stereocenters. The molecule has 0 saturated carbocycles. The Hall–Kier alpha value is -2.96. The molecule has 1 fully saturated rings. The first kappa shape index (κ1) is 47.0. The first-order chi connectivity index (χ1) is 29.4. The minimum absolute atomic E-state index is 0.415. The van der Waals surface area contributed by atoms with Gasteiger partial charge < -0.3 is 38.3 Å². The maximum absolute atomic E-state index is 13.5. The molecular formula is C48H72N6O8. The maximum atomic E-state index is 13.5. The summed E-state index contributed by atoms with van der Waals surface area (Å²) in [5.41, 5.74) is 3.84. The van der Waals surface area contributed by atoms with Crippen molar-refractivity contribution in [3.63, 3.8) is 0 Å². The number of hydrogen-bond donors (Lipinski definition) is 2. The molecule has 1 saturated heterocycles. The van der Waals surface area contributed by atoms with E-state index in [4.69, 9.17) is 18.9 Å². The number of para-hydroxylation sites is 2. The molecule has 3 aliphatic rings. The van der Waals surface area contributed by atoms with Crippen molar-refractivity contribution in [1.82, 2.24) is 29.1 Å². The third-order valence-electron chi connectivity index (χ3n) is 13.4. The molecule has 0 unspecified atom stereocenters. The molecule has 7 rings (SSSR count). The molecule has 0 aliphatic carbocycles. The Bertz CT molecular complexity index is 1940. The molecule has 2 radical (unpaired) electrons. The average Bonchev–Trinajstić information content (AvgIpc) is 3.69. The topological polar surface area (TPSA) is 140 Å². The standard InChI is InChI=1S/C48H72N6O8/c1-45(2)29-41-43(47(5,6)53(45)57)37-13-9-11-15-39(37)51(41)33-35(55)31-49-17-21-59-25-27-61-23-19-50(20-24-62-28-26-60-22-18-49)32-36(56)34-52-40-16-12-10-14-38(40)44-42(52)30-46(3,4)54(58)48(44,7)8/h9-16,35-36,55-56H,17-34H2,1-8H3/t35-,36-/m1/s1. The molecule has 342 valence electrons. The predicted molar refractivity (Wildman–Crippen MR) is 239 cm³/mol. The molecule has 62 heavy (non-hydrogen) atoms. The van der Waals surface area contributed by atoms with Crippen molar-refractivity contribution < 1.29 is 39.6 Å². The Labute approximate surface area is 368 Å². The number of rotatable bonds is 8. The van der Waals surface area contributed by atoms with Crippen LogP contribution in [-0.4, -0.2) is 155 Å². The Balaban J connectivity index is 0.931. The summed E-state index contributed by atoms with van der Waals surface area (Å²) in [5, 5.41) is 54.9. The van der Waals surface area contributed by atoms with Crippen LogP contribution in [0.4, 0.5) is 0 Å². The van der Waals surface area contributed by atoms with Gasteiger partial charge in [0, 0.05) is 96.4 Å². The summed E-state index contributed by atoms with van der Waals surface area (Å²) >= 11 is 0. The van der Waals surface area contributed by atoms with E-state index >= 15 is 0 Å². The van der Waals surface area contributed by atoms with Gasteiger partial charge in [-0.25, -0.2) is 0 Å². The summed E-state index contributed by atoms with van der Waals surface area (Å²) in [4.78, 5) is 4.38. The normalized spacial score (nSPS) is 23.7. The van der Waals surface area contributed by atoms with Gasteiger partial charge in [0.15, 0.2) is 0 Å². The lowest BCUT2D eigenvalue weighted by molar-refractivity contribution is -0.280. The van der Waals surface area contributed by atoms with Crippen molar-refractivity contribution in [3.05, 3.63) is 71.0 Å². The van der Waals surface area contributed by atoms with Crippen LogP contribution in [0.25, 0.3) is 21.8 Å². The zero-order valence-electron chi connectivity index (χ0n) is 38.5. The van der Waals surface area contributed by atoms with Crippen molar-refractivity contribution in [2.45, 2.75) is 116 Å². The van der Waals surface area contributed by atoms with Gasteiger partial charge in [-0.1, -0.05) is 36.4 Å².